The molecule has 102 valence electrons. The molecule has 0 N–H and O–H groups in total. The maximum atomic E-state index is 4.05. The summed E-state index contributed by atoms with van der Waals surface area (Å²) in [5, 5.41) is 0. The minimum atomic E-state index is 0.426. The molecule has 0 heterocycles. The van der Waals surface area contributed by atoms with Gasteiger partial charge in [-0.1, -0.05) is 51.5 Å². The molecule has 0 heteroatoms. The molecular weight excluding hydrogens is 216 g/mol. The zero-order valence-electron chi connectivity index (χ0n) is 13.2. The first-order valence-electron chi connectivity index (χ1n) is 7.30. The van der Waals surface area contributed by atoms with Gasteiger partial charge >= 0.3 is 0 Å². The van der Waals surface area contributed by atoms with Gasteiger partial charge in [-0.2, -0.15) is 0 Å². The molecular formula is C18H30. The Labute approximate surface area is 114 Å². The molecule has 0 spiro atoms. The molecule has 0 aromatic heterocycles. The monoisotopic (exact) mass is 246 g/mol. The van der Waals surface area contributed by atoms with Crippen LogP contribution in [-0.4, -0.2) is 0 Å². The summed E-state index contributed by atoms with van der Waals surface area (Å²) in [6.07, 6.45) is 7.48. The zero-order chi connectivity index (χ0) is 13.9. The predicted octanol–water partition coefficient (Wildman–Crippen LogP) is 6.06. The Kier molecular flexibility index (Phi) is 5.01. The van der Waals surface area contributed by atoms with Crippen molar-refractivity contribution < 1.29 is 0 Å². The summed E-state index contributed by atoms with van der Waals surface area (Å²) in [6, 6.07) is 0. The molecule has 0 saturated heterocycles. The van der Waals surface area contributed by atoms with Crippen LogP contribution in [0.3, 0.4) is 0 Å². The van der Waals surface area contributed by atoms with Crippen LogP contribution >= 0.6 is 0 Å². The van der Waals surface area contributed by atoms with Crippen molar-refractivity contribution in [3.63, 3.8) is 0 Å². The van der Waals surface area contributed by atoms with Gasteiger partial charge in [-0.05, 0) is 62.0 Å². The molecule has 0 radical (unpaired) electrons. The first kappa shape index (κ1) is 15.3. The zero-order valence-corrected chi connectivity index (χ0v) is 13.2. The Morgan fingerprint density at radius 1 is 1.33 bits per heavy atom. The fourth-order valence-corrected chi connectivity index (χ4v) is 2.71. The highest BCUT2D eigenvalue weighted by Gasteiger charge is 2.28. The second-order valence-electron chi connectivity index (χ2n) is 6.90. The Morgan fingerprint density at radius 2 is 1.94 bits per heavy atom. The van der Waals surface area contributed by atoms with E-state index < -0.39 is 0 Å². The van der Waals surface area contributed by atoms with Crippen molar-refractivity contribution in [1.82, 2.24) is 0 Å². The van der Waals surface area contributed by atoms with Gasteiger partial charge in [0, 0.05) is 0 Å². The second kappa shape index (κ2) is 5.91. The lowest BCUT2D eigenvalue weighted by atomic mass is 9.70. The molecule has 18 heavy (non-hydrogen) atoms. The SMILES string of the molecule is C=C(C)/C(C)=C\C1=C(CC)CC[C@H](C(C)(C)C)C1. The van der Waals surface area contributed by atoms with E-state index in [0.717, 1.165) is 5.92 Å². The summed E-state index contributed by atoms with van der Waals surface area (Å²) in [6.45, 7) is 17.7. The van der Waals surface area contributed by atoms with E-state index in [4.69, 9.17) is 0 Å². The summed E-state index contributed by atoms with van der Waals surface area (Å²) in [5.41, 5.74) is 6.21. The van der Waals surface area contributed by atoms with E-state index in [1.807, 2.05) is 0 Å². The van der Waals surface area contributed by atoms with Gasteiger partial charge in [-0.15, -0.1) is 0 Å². The van der Waals surface area contributed by atoms with E-state index in [1.165, 1.54) is 36.8 Å². The van der Waals surface area contributed by atoms with Crippen LogP contribution in [0, 0.1) is 11.3 Å². The van der Waals surface area contributed by atoms with Gasteiger partial charge in [0.2, 0.25) is 0 Å². The maximum Gasteiger partial charge on any atom is -0.0246 e. The van der Waals surface area contributed by atoms with Crippen LogP contribution in [0.2, 0.25) is 0 Å². The van der Waals surface area contributed by atoms with Crippen LogP contribution in [0.5, 0.6) is 0 Å². The van der Waals surface area contributed by atoms with Gasteiger partial charge in [0.1, 0.15) is 0 Å². The largest absolute Gasteiger partial charge is 0.0958 e. The van der Waals surface area contributed by atoms with Gasteiger partial charge in [0.25, 0.3) is 0 Å². The fourth-order valence-electron chi connectivity index (χ4n) is 2.71. The van der Waals surface area contributed by atoms with E-state index in [2.05, 4.69) is 54.2 Å². The first-order chi connectivity index (χ1) is 8.25. The van der Waals surface area contributed by atoms with Crippen molar-refractivity contribution in [2.75, 3.05) is 0 Å². The van der Waals surface area contributed by atoms with Gasteiger partial charge in [-0.3, -0.25) is 0 Å². The van der Waals surface area contributed by atoms with E-state index in [1.54, 1.807) is 11.1 Å². The van der Waals surface area contributed by atoms with E-state index >= 15 is 0 Å². The van der Waals surface area contributed by atoms with Crippen molar-refractivity contribution in [1.29, 1.82) is 0 Å². The summed E-state index contributed by atoms with van der Waals surface area (Å²) in [7, 11) is 0. The molecule has 1 aliphatic carbocycles. The minimum absolute atomic E-state index is 0.426. The minimum Gasteiger partial charge on any atom is -0.0958 e. The molecule has 0 aliphatic heterocycles. The quantitative estimate of drug-likeness (QED) is 0.531. The highest BCUT2D eigenvalue weighted by molar-refractivity contribution is 5.37. The lowest BCUT2D eigenvalue weighted by Crippen LogP contribution is -2.24. The summed E-state index contributed by atoms with van der Waals surface area (Å²) < 4.78 is 0. The average molecular weight is 246 g/mol. The van der Waals surface area contributed by atoms with Crippen LogP contribution < -0.4 is 0 Å². The molecule has 0 amide bonds. The molecule has 0 unspecified atom stereocenters. The highest BCUT2D eigenvalue weighted by atomic mass is 14.3. The van der Waals surface area contributed by atoms with Gasteiger partial charge < -0.3 is 0 Å². The first-order valence-corrected chi connectivity index (χ1v) is 7.30. The van der Waals surface area contributed by atoms with Gasteiger partial charge in [0.15, 0.2) is 0 Å². The molecule has 1 atom stereocenters. The molecule has 0 aromatic carbocycles. The lowest BCUT2D eigenvalue weighted by Gasteiger charge is -2.35. The van der Waals surface area contributed by atoms with Crippen LogP contribution in [-0.2, 0) is 0 Å². The van der Waals surface area contributed by atoms with Crippen LogP contribution in [0.1, 0.15) is 67.2 Å². The Balaban J connectivity index is 3.00. The van der Waals surface area contributed by atoms with Crippen LogP contribution in [0.25, 0.3) is 0 Å². The summed E-state index contributed by atoms with van der Waals surface area (Å²) >= 11 is 0. The number of hydrogen-bond acceptors (Lipinski definition) is 0. The highest BCUT2D eigenvalue weighted by Crippen LogP contribution is 2.41. The fraction of sp³-hybridized carbons (Fsp3) is 0.667. The van der Waals surface area contributed by atoms with E-state index in [9.17, 15) is 0 Å². The van der Waals surface area contributed by atoms with Gasteiger partial charge in [0.05, 0.1) is 0 Å². The van der Waals surface area contributed by atoms with E-state index in [-0.39, 0.29) is 0 Å². The molecule has 0 aromatic rings. The molecule has 0 fully saturated rings. The number of rotatable bonds is 3. The second-order valence-corrected chi connectivity index (χ2v) is 6.90. The third-order valence-corrected chi connectivity index (χ3v) is 4.43. The van der Waals surface area contributed by atoms with Crippen LogP contribution in [0.4, 0.5) is 0 Å². The third-order valence-electron chi connectivity index (χ3n) is 4.43. The van der Waals surface area contributed by atoms with Crippen molar-refractivity contribution in [2.45, 2.75) is 67.2 Å². The predicted molar refractivity (Wildman–Crippen MR) is 82.7 cm³/mol. The van der Waals surface area contributed by atoms with Crippen LogP contribution in [0.15, 0.2) is 34.9 Å². The van der Waals surface area contributed by atoms with Crippen molar-refractivity contribution in [3.8, 4) is 0 Å². The van der Waals surface area contributed by atoms with E-state index in [0.29, 0.717) is 5.41 Å². The Bertz CT molecular complexity index is 371. The summed E-state index contributed by atoms with van der Waals surface area (Å²) in [5.74, 6) is 0.817. The molecule has 0 nitrogen and oxygen atoms in total. The van der Waals surface area contributed by atoms with Crippen molar-refractivity contribution in [2.24, 2.45) is 11.3 Å². The summed E-state index contributed by atoms with van der Waals surface area (Å²) in [4.78, 5) is 0. The van der Waals surface area contributed by atoms with Gasteiger partial charge in [-0.25, -0.2) is 0 Å². The Hall–Kier alpha value is -0.780. The topological polar surface area (TPSA) is 0 Å². The van der Waals surface area contributed by atoms with Crippen molar-refractivity contribution in [3.05, 3.63) is 34.9 Å². The third kappa shape index (κ3) is 3.86. The normalized spacial score (nSPS) is 22.3. The standard InChI is InChI=1S/C18H30/c1-8-15-9-10-17(18(5,6)7)12-16(15)11-14(4)13(2)3/h11,17H,2,8-10,12H2,1,3-7H3/b14-11-/t17-/m0/s1. The number of hydrogen-bond donors (Lipinski definition) is 0. The molecule has 1 aliphatic rings. The molecule has 0 bridgehead atoms. The average Bonchev–Trinajstić information content (AvgIpc) is 2.27. The maximum absolute atomic E-state index is 4.05. The molecule has 0 saturated carbocycles. The van der Waals surface area contributed by atoms with Crippen molar-refractivity contribution >= 4 is 0 Å². The smallest absolute Gasteiger partial charge is 0.0246 e. The molecule has 1 rings (SSSR count). The Morgan fingerprint density at radius 3 is 2.39 bits per heavy atom. The lowest BCUT2D eigenvalue weighted by molar-refractivity contribution is 0.216. The number of allylic oxidation sites excluding steroid dienone is 5.